The lowest BCUT2D eigenvalue weighted by Crippen LogP contribution is -2.53. The summed E-state index contributed by atoms with van der Waals surface area (Å²) in [4.78, 5) is 56.2. The lowest BCUT2D eigenvalue weighted by Gasteiger charge is -2.50. The average molecular weight is 677 g/mol. The molecule has 3 N–H and O–H groups in total. The van der Waals surface area contributed by atoms with Gasteiger partial charge in [0.2, 0.25) is 0 Å². The molecule has 0 unspecified atom stereocenters. The van der Waals surface area contributed by atoms with Crippen molar-refractivity contribution in [2.45, 2.75) is 38.0 Å². The number of rotatable bonds is 5. The van der Waals surface area contributed by atoms with Crippen LogP contribution < -0.4 is 10.2 Å². The van der Waals surface area contributed by atoms with Gasteiger partial charge in [0.1, 0.15) is 11.5 Å². The average Bonchev–Trinajstić information content (AvgIpc) is 3.41. The summed E-state index contributed by atoms with van der Waals surface area (Å²) in [7, 11) is 1.53. The van der Waals surface area contributed by atoms with Gasteiger partial charge in [0.15, 0.2) is 0 Å². The maximum atomic E-state index is 15.2. The van der Waals surface area contributed by atoms with Gasteiger partial charge in [-0.3, -0.25) is 29.8 Å². The molecule has 0 bridgehead atoms. The van der Waals surface area contributed by atoms with Crippen molar-refractivity contribution < 1.29 is 34.2 Å². The SMILES string of the molecule is COc1ccc([C@@]23C(=O)N(Nc4ccc(Cl)cc4Cl)C(=O)[C@@H]2C[C@@H]2C(=CC[C@@H]4C(=O)N(O)C(=O)[C@@H]42)[C@@H]3c2cc(C)c(O)c(C)c2)cc1. The van der Waals surface area contributed by atoms with Crippen molar-refractivity contribution in [3.8, 4) is 11.5 Å². The highest BCUT2D eigenvalue weighted by Gasteiger charge is 2.70. The van der Waals surface area contributed by atoms with Crippen LogP contribution in [0, 0.1) is 37.5 Å². The number of amides is 4. The number of hydrazine groups is 1. The minimum absolute atomic E-state index is 0.0650. The van der Waals surface area contributed by atoms with Crippen molar-refractivity contribution in [3.05, 3.63) is 98.5 Å². The summed E-state index contributed by atoms with van der Waals surface area (Å²) >= 11 is 12.6. The predicted octanol–water partition coefficient (Wildman–Crippen LogP) is 5.70. The van der Waals surface area contributed by atoms with Gasteiger partial charge in [0.05, 0.1) is 41.0 Å². The number of nitrogens with zero attached hydrogens (tertiary/aromatic N) is 2. The second-order valence-corrected chi connectivity index (χ2v) is 13.5. The first kappa shape index (κ1) is 31.2. The van der Waals surface area contributed by atoms with E-state index in [-0.39, 0.29) is 28.7 Å². The summed E-state index contributed by atoms with van der Waals surface area (Å²) in [6.45, 7) is 3.52. The molecule has 10 nitrogen and oxygen atoms in total. The molecule has 1 saturated carbocycles. The van der Waals surface area contributed by atoms with E-state index in [0.29, 0.717) is 38.7 Å². The zero-order valence-electron chi connectivity index (χ0n) is 25.7. The number of hydrogen-bond donors (Lipinski definition) is 3. The quantitative estimate of drug-likeness (QED) is 0.178. The number of carbonyl (C=O) groups excluding carboxylic acids is 4. The van der Waals surface area contributed by atoms with Crippen molar-refractivity contribution >= 4 is 52.5 Å². The van der Waals surface area contributed by atoms with Gasteiger partial charge in [-0.15, -0.1) is 0 Å². The van der Waals surface area contributed by atoms with Crippen LogP contribution in [-0.4, -0.2) is 51.1 Å². The number of halogens is 2. The lowest BCUT2D eigenvalue weighted by atomic mass is 9.49. The summed E-state index contributed by atoms with van der Waals surface area (Å²) in [5, 5.41) is 22.9. The van der Waals surface area contributed by atoms with Crippen LogP contribution in [0.25, 0.3) is 0 Å². The van der Waals surface area contributed by atoms with E-state index in [2.05, 4.69) is 5.43 Å². The number of methoxy groups -OCH3 is 1. The standard InChI is InChI=1S/C35H31Cl2N3O7/c1-16-12-18(13-17(2)30(16)41)29-22-9-10-23-28(33(44)40(46)31(23)42)24(22)15-25-32(43)39(38-27-11-6-20(36)14-26(27)37)34(45)35(25,29)19-4-7-21(47-3)8-5-19/h4-9,11-14,23-25,28-29,38,41,46H,10,15H2,1-3H3/t23-,24+,25-,28-,29-,35+/m0/s1. The van der Waals surface area contributed by atoms with Crippen molar-refractivity contribution in [2.24, 2.45) is 23.7 Å². The van der Waals surface area contributed by atoms with Crippen LogP contribution in [0.3, 0.4) is 0 Å². The molecule has 242 valence electrons. The van der Waals surface area contributed by atoms with Crippen LogP contribution in [0.1, 0.15) is 41.0 Å². The summed E-state index contributed by atoms with van der Waals surface area (Å²) < 4.78 is 5.42. The molecule has 6 atom stereocenters. The molecule has 3 fully saturated rings. The minimum atomic E-state index is -1.52. The van der Waals surface area contributed by atoms with E-state index in [1.807, 2.05) is 6.08 Å². The molecule has 2 heterocycles. The van der Waals surface area contributed by atoms with Crippen LogP contribution >= 0.6 is 23.2 Å². The molecule has 47 heavy (non-hydrogen) atoms. The van der Waals surface area contributed by atoms with Gasteiger partial charge < -0.3 is 9.84 Å². The first-order valence-corrected chi connectivity index (χ1v) is 16.0. The van der Waals surface area contributed by atoms with E-state index in [0.717, 1.165) is 10.6 Å². The zero-order valence-corrected chi connectivity index (χ0v) is 27.2. The van der Waals surface area contributed by atoms with Gasteiger partial charge in [-0.05, 0) is 85.2 Å². The molecule has 2 aliphatic heterocycles. The Bertz CT molecular complexity index is 1890. The third-order valence-corrected chi connectivity index (χ3v) is 11.0. The number of benzene rings is 3. The van der Waals surface area contributed by atoms with Gasteiger partial charge in [-0.1, -0.05) is 59.1 Å². The Morgan fingerprint density at radius 1 is 0.915 bits per heavy atom. The van der Waals surface area contributed by atoms with Crippen molar-refractivity contribution in [1.82, 2.24) is 10.1 Å². The number of aromatic hydroxyl groups is 1. The summed E-state index contributed by atoms with van der Waals surface area (Å²) in [6, 6.07) is 15.3. The van der Waals surface area contributed by atoms with Crippen LogP contribution in [0.5, 0.6) is 11.5 Å². The molecule has 3 aromatic rings. The largest absolute Gasteiger partial charge is 0.507 e. The van der Waals surface area contributed by atoms with Crippen LogP contribution in [-0.2, 0) is 24.6 Å². The maximum Gasteiger partial charge on any atom is 0.260 e. The number of carbonyl (C=O) groups is 4. The highest BCUT2D eigenvalue weighted by atomic mass is 35.5. The number of allylic oxidation sites excluding steroid dienone is 2. The minimum Gasteiger partial charge on any atom is -0.507 e. The molecule has 0 spiro atoms. The molecule has 7 rings (SSSR count). The van der Waals surface area contributed by atoms with Gasteiger partial charge >= 0.3 is 0 Å². The van der Waals surface area contributed by atoms with E-state index in [9.17, 15) is 24.7 Å². The third kappa shape index (κ3) is 4.42. The van der Waals surface area contributed by atoms with Gasteiger partial charge in [-0.25, -0.2) is 0 Å². The van der Waals surface area contributed by atoms with Crippen molar-refractivity contribution in [2.75, 3.05) is 12.5 Å². The van der Waals surface area contributed by atoms with E-state index in [1.54, 1.807) is 62.4 Å². The Labute approximate surface area is 280 Å². The van der Waals surface area contributed by atoms with Crippen molar-refractivity contribution in [3.63, 3.8) is 0 Å². The second kappa shape index (κ2) is 11.1. The zero-order chi connectivity index (χ0) is 33.5. The molecule has 4 amide bonds. The highest BCUT2D eigenvalue weighted by molar-refractivity contribution is 6.36. The molecule has 2 saturated heterocycles. The molecule has 12 heteroatoms. The fourth-order valence-electron chi connectivity index (χ4n) is 8.36. The summed E-state index contributed by atoms with van der Waals surface area (Å²) in [6.07, 6.45) is 2.14. The number of phenolic OH excluding ortho intramolecular Hbond substituents is 1. The molecule has 3 aromatic carbocycles. The van der Waals surface area contributed by atoms with Crippen LogP contribution in [0.4, 0.5) is 5.69 Å². The second-order valence-electron chi connectivity index (χ2n) is 12.7. The van der Waals surface area contributed by atoms with Crippen molar-refractivity contribution in [1.29, 1.82) is 0 Å². The fourth-order valence-corrected chi connectivity index (χ4v) is 8.81. The molecule has 4 aliphatic rings. The summed E-state index contributed by atoms with van der Waals surface area (Å²) in [5.41, 5.74) is 4.82. The van der Waals surface area contributed by atoms with E-state index in [4.69, 9.17) is 27.9 Å². The Morgan fingerprint density at radius 3 is 2.23 bits per heavy atom. The molecular formula is C35H31Cl2N3O7. The molecule has 0 aromatic heterocycles. The Balaban J connectivity index is 1.49. The normalized spacial score (nSPS) is 28.2. The van der Waals surface area contributed by atoms with Crippen LogP contribution in [0.2, 0.25) is 10.0 Å². The third-order valence-electron chi connectivity index (χ3n) is 10.4. The van der Waals surface area contributed by atoms with E-state index < -0.39 is 58.6 Å². The lowest BCUT2D eigenvalue weighted by molar-refractivity contribution is -0.173. The Kier molecular flexibility index (Phi) is 7.38. The number of anilines is 1. The number of fused-ring (bicyclic) bond motifs is 4. The highest BCUT2D eigenvalue weighted by Crippen LogP contribution is 2.64. The Morgan fingerprint density at radius 2 is 1.60 bits per heavy atom. The number of nitrogens with one attached hydrogen (secondary N) is 1. The van der Waals surface area contributed by atoms with Gasteiger partial charge in [0, 0.05) is 10.9 Å². The van der Waals surface area contributed by atoms with Gasteiger partial charge in [0.25, 0.3) is 23.6 Å². The smallest absolute Gasteiger partial charge is 0.260 e. The Hall–Kier alpha value is -4.38. The van der Waals surface area contributed by atoms with E-state index >= 15 is 4.79 Å². The monoisotopic (exact) mass is 675 g/mol. The van der Waals surface area contributed by atoms with Gasteiger partial charge in [-0.2, -0.15) is 10.1 Å². The first-order valence-electron chi connectivity index (χ1n) is 15.2. The number of phenols is 1. The predicted molar refractivity (Wildman–Crippen MR) is 172 cm³/mol. The number of hydrogen-bond acceptors (Lipinski definition) is 8. The molecule has 2 aliphatic carbocycles. The fraction of sp³-hybridized carbons (Fsp3) is 0.314. The summed E-state index contributed by atoms with van der Waals surface area (Å²) in [5.74, 6) is -5.91. The van der Waals surface area contributed by atoms with Crippen LogP contribution in [0.15, 0.2) is 66.2 Å². The number of ether oxygens (including phenoxy) is 1. The maximum absolute atomic E-state index is 15.2. The topological polar surface area (TPSA) is 136 Å². The molecular weight excluding hydrogens is 645 g/mol. The number of aryl methyl sites for hydroxylation is 2. The first-order chi connectivity index (χ1) is 22.4. The number of imide groups is 2. The van der Waals surface area contributed by atoms with E-state index in [1.165, 1.54) is 13.2 Å². The number of hydroxylamine groups is 2. The molecule has 0 radical (unpaired) electrons.